The number of hydrogen-bond acceptors (Lipinski definition) is 2. The SMILES string of the molecule is CC1(C)CC2CC(C)(CN2C(=O)/C(=C\c2ccccc2)NC(=O)c2ccccc2)C1. The molecule has 1 saturated carbocycles. The molecule has 1 N–H and O–H groups in total. The Balaban J connectivity index is 1.63. The Labute approximate surface area is 179 Å². The van der Waals surface area contributed by atoms with Crippen molar-refractivity contribution < 1.29 is 9.59 Å². The zero-order valence-corrected chi connectivity index (χ0v) is 18.0. The van der Waals surface area contributed by atoms with Crippen LogP contribution in [-0.2, 0) is 4.79 Å². The van der Waals surface area contributed by atoms with E-state index in [0.29, 0.717) is 11.3 Å². The van der Waals surface area contributed by atoms with Crippen LogP contribution in [0.1, 0.15) is 56.0 Å². The van der Waals surface area contributed by atoms with Gasteiger partial charge in [0.15, 0.2) is 0 Å². The van der Waals surface area contributed by atoms with E-state index in [-0.39, 0.29) is 28.7 Å². The molecule has 1 heterocycles. The number of rotatable bonds is 4. The van der Waals surface area contributed by atoms with Crippen molar-refractivity contribution in [3.8, 4) is 0 Å². The average molecular weight is 403 g/mol. The number of carbonyl (C=O) groups excluding carboxylic acids is 2. The Morgan fingerprint density at radius 3 is 2.27 bits per heavy atom. The number of nitrogens with one attached hydrogen (secondary N) is 1. The number of fused-ring (bicyclic) bond motifs is 2. The largest absolute Gasteiger partial charge is 0.334 e. The number of benzene rings is 2. The molecule has 4 heteroatoms. The van der Waals surface area contributed by atoms with Crippen molar-refractivity contribution in [2.24, 2.45) is 10.8 Å². The van der Waals surface area contributed by atoms with Gasteiger partial charge in [-0.2, -0.15) is 0 Å². The summed E-state index contributed by atoms with van der Waals surface area (Å²) >= 11 is 0. The molecule has 2 aromatic carbocycles. The lowest BCUT2D eigenvalue weighted by Crippen LogP contribution is -2.42. The second-order valence-corrected chi connectivity index (χ2v) is 9.94. The molecule has 2 aromatic rings. The second kappa shape index (κ2) is 7.75. The number of carbonyl (C=O) groups is 2. The van der Waals surface area contributed by atoms with Crippen LogP contribution in [0, 0.1) is 10.8 Å². The summed E-state index contributed by atoms with van der Waals surface area (Å²) < 4.78 is 0. The molecule has 0 spiro atoms. The molecule has 1 aliphatic heterocycles. The van der Waals surface area contributed by atoms with Crippen LogP contribution in [-0.4, -0.2) is 29.3 Å². The normalized spacial score (nSPS) is 25.1. The summed E-state index contributed by atoms with van der Waals surface area (Å²) in [6.07, 6.45) is 4.94. The monoisotopic (exact) mass is 402 g/mol. The van der Waals surface area contributed by atoms with Gasteiger partial charge < -0.3 is 10.2 Å². The van der Waals surface area contributed by atoms with Crippen molar-refractivity contribution in [2.75, 3.05) is 6.54 Å². The molecule has 2 bridgehead atoms. The van der Waals surface area contributed by atoms with Crippen molar-refractivity contribution in [1.82, 2.24) is 10.2 Å². The molecule has 2 amide bonds. The third-order valence-electron chi connectivity index (χ3n) is 6.30. The van der Waals surface area contributed by atoms with Crippen molar-refractivity contribution in [1.29, 1.82) is 0 Å². The molecular formula is C26H30N2O2. The summed E-state index contributed by atoms with van der Waals surface area (Å²) in [5, 5.41) is 2.90. The van der Waals surface area contributed by atoms with Crippen LogP contribution in [0.3, 0.4) is 0 Å². The highest BCUT2D eigenvalue weighted by atomic mass is 16.2. The van der Waals surface area contributed by atoms with E-state index in [9.17, 15) is 9.59 Å². The van der Waals surface area contributed by atoms with E-state index in [1.165, 1.54) is 0 Å². The molecule has 4 rings (SSSR count). The van der Waals surface area contributed by atoms with Gasteiger partial charge in [0.25, 0.3) is 11.8 Å². The summed E-state index contributed by atoms with van der Waals surface area (Å²) in [5.74, 6) is -0.352. The van der Waals surface area contributed by atoms with Gasteiger partial charge in [0.2, 0.25) is 0 Å². The predicted molar refractivity (Wildman–Crippen MR) is 120 cm³/mol. The molecule has 0 aromatic heterocycles. The molecule has 2 fully saturated rings. The van der Waals surface area contributed by atoms with E-state index in [1.54, 1.807) is 18.2 Å². The first-order chi connectivity index (χ1) is 14.2. The van der Waals surface area contributed by atoms with E-state index in [0.717, 1.165) is 31.4 Å². The van der Waals surface area contributed by atoms with Gasteiger partial charge in [-0.15, -0.1) is 0 Å². The maximum absolute atomic E-state index is 13.7. The number of amides is 2. The van der Waals surface area contributed by atoms with Gasteiger partial charge in [0.05, 0.1) is 0 Å². The van der Waals surface area contributed by atoms with Gasteiger partial charge in [-0.3, -0.25) is 9.59 Å². The van der Waals surface area contributed by atoms with Crippen LogP contribution < -0.4 is 5.32 Å². The van der Waals surface area contributed by atoms with Gasteiger partial charge in [0, 0.05) is 18.2 Å². The van der Waals surface area contributed by atoms with Crippen LogP contribution in [0.25, 0.3) is 6.08 Å². The Bertz CT molecular complexity index is 965. The van der Waals surface area contributed by atoms with Crippen molar-refractivity contribution in [3.63, 3.8) is 0 Å². The number of nitrogens with zero attached hydrogens (tertiary/aromatic N) is 1. The molecule has 2 atom stereocenters. The van der Waals surface area contributed by atoms with Crippen molar-refractivity contribution >= 4 is 17.9 Å². The van der Waals surface area contributed by atoms with Crippen molar-refractivity contribution in [2.45, 2.75) is 46.1 Å². The summed E-state index contributed by atoms with van der Waals surface area (Å²) in [6, 6.07) is 18.9. The third kappa shape index (κ3) is 4.33. The Hall–Kier alpha value is -2.88. The zero-order chi connectivity index (χ0) is 21.4. The summed E-state index contributed by atoms with van der Waals surface area (Å²) in [7, 11) is 0. The number of hydrogen-bond donors (Lipinski definition) is 1. The van der Waals surface area contributed by atoms with Gasteiger partial charge in [-0.1, -0.05) is 69.3 Å². The highest BCUT2D eigenvalue weighted by Gasteiger charge is 2.51. The molecule has 30 heavy (non-hydrogen) atoms. The summed E-state index contributed by atoms with van der Waals surface area (Å²) in [6.45, 7) is 7.62. The van der Waals surface area contributed by atoms with Crippen LogP contribution in [0.2, 0.25) is 0 Å². The van der Waals surface area contributed by atoms with Gasteiger partial charge in [-0.05, 0) is 53.9 Å². The quantitative estimate of drug-likeness (QED) is 0.741. The summed E-state index contributed by atoms with van der Waals surface area (Å²) in [5.41, 5.74) is 2.14. The average Bonchev–Trinajstić information content (AvgIpc) is 2.97. The van der Waals surface area contributed by atoms with Crippen LogP contribution in [0.15, 0.2) is 66.4 Å². The highest BCUT2D eigenvalue weighted by Crippen LogP contribution is 2.52. The van der Waals surface area contributed by atoms with Gasteiger partial charge >= 0.3 is 0 Å². The van der Waals surface area contributed by atoms with Crippen LogP contribution in [0.5, 0.6) is 0 Å². The maximum atomic E-state index is 13.7. The minimum absolute atomic E-state index is 0.0884. The van der Waals surface area contributed by atoms with Gasteiger partial charge in [0.1, 0.15) is 5.70 Å². The second-order valence-electron chi connectivity index (χ2n) is 9.94. The lowest BCUT2D eigenvalue weighted by molar-refractivity contribution is -0.128. The van der Waals surface area contributed by atoms with Crippen LogP contribution >= 0.6 is 0 Å². The van der Waals surface area contributed by atoms with E-state index in [1.807, 2.05) is 53.4 Å². The van der Waals surface area contributed by atoms with E-state index < -0.39 is 0 Å². The fourth-order valence-corrected chi connectivity index (χ4v) is 5.50. The Morgan fingerprint density at radius 2 is 1.60 bits per heavy atom. The summed E-state index contributed by atoms with van der Waals surface area (Å²) in [4.78, 5) is 28.5. The topological polar surface area (TPSA) is 49.4 Å². The maximum Gasteiger partial charge on any atom is 0.270 e. The minimum Gasteiger partial charge on any atom is -0.334 e. The highest BCUT2D eigenvalue weighted by molar-refractivity contribution is 6.05. The van der Waals surface area contributed by atoms with Gasteiger partial charge in [-0.25, -0.2) is 0 Å². The lowest BCUT2D eigenvalue weighted by Gasteiger charge is -2.39. The zero-order valence-electron chi connectivity index (χ0n) is 18.0. The van der Waals surface area contributed by atoms with E-state index >= 15 is 0 Å². The standard InChI is InChI=1S/C26H30N2O2/c1-25(2)15-21-16-26(3,17-25)18-28(21)24(30)22(14-19-10-6-4-7-11-19)27-23(29)20-12-8-5-9-13-20/h4-14,21H,15-18H2,1-3H3,(H,27,29)/b22-14+. The molecule has 2 unspecified atom stereocenters. The predicted octanol–water partition coefficient (Wildman–Crippen LogP) is 4.88. The fourth-order valence-electron chi connectivity index (χ4n) is 5.50. The first-order valence-electron chi connectivity index (χ1n) is 10.7. The molecule has 2 aliphatic rings. The Kier molecular flexibility index (Phi) is 5.27. The molecule has 0 radical (unpaired) electrons. The van der Waals surface area contributed by atoms with E-state index in [4.69, 9.17) is 0 Å². The minimum atomic E-state index is -0.264. The molecule has 4 nitrogen and oxygen atoms in total. The fraction of sp³-hybridized carbons (Fsp3) is 0.385. The van der Waals surface area contributed by atoms with Crippen LogP contribution in [0.4, 0.5) is 0 Å². The molecule has 1 saturated heterocycles. The first-order valence-corrected chi connectivity index (χ1v) is 10.7. The first kappa shape index (κ1) is 20.4. The molecule has 156 valence electrons. The number of likely N-dealkylation sites (tertiary alicyclic amines) is 1. The molecular weight excluding hydrogens is 372 g/mol. The lowest BCUT2D eigenvalue weighted by atomic mass is 9.65. The Morgan fingerprint density at radius 1 is 0.967 bits per heavy atom. The molecule has 1 aliphatic carbocycles. The van der Waals surface area contributed by atoms with E-state index in [2.05, 4.69) is 26.1 Å². The third-order valence-corrected chi connectivity index (χ3v) is 6.30. The smallest absolute Gasteiger partial charge is 0.270 e. The van der Waals surface area contributed by atoms with Crippen molar-refractivity contribution in [3.05, 3.63) is 77.5 Å².